The Morgan fingerprint density at radius 3 is 2.00 bits per heavy atom. The van der Waals surface area contributed by atoms with Crippen LogP contribution >= 0.6 is 27.5 Å². The van der Waals surface area contributed by atoms with E-state index in [1.165, 1.54) is 24.3 Å². The first kappa shape index (κ1) is 19.6. The van der Waals surface area contributed by atoms with Gasteiger partial charge >= 0.3 is 0 Å². The molecule has 0 unspecified atom stereocenters. The molecule has 9 heteroatoms. The number of para-hydroxylation sites is 2. The maximum absolute atomic E-state index is 12.8. The predicted molar refractivity (Wildman–Crippen MR) is 119 cm³/mol. The molecule has 29 heavy (non-hydrogen) atoms. The molecule has 0 spiro atoms. The van der Waals surface area contributed by atoms with Crippen LogP contribution in [0.3, 0.4) is 0 Å². The third-order valence-electron chi connectivity index (χ3n) is 4.03. The van der Waals surface area contributed by atoms with Gasteiger partial charge in [0.15, 0.2) is 11.6 Å². The summed E-state index contributed by atoms with van der Waals surface area (Å²) in [7, 11) is -3.88. The van der Waals surface area contributed by atoms with Crippen molar-refractivity contribution in [2.45, 2.75) is 4.90 Å². The maximum Gasteiger partial charge on any atom is 0.263 e. The first-order valence-electron chi connectivity index (χ1n) is 8.48. The van der Waals surface area contributed by atoms with Crippen molar-refractivity contribution in [3.8, 4) is 0 Å². The molecule has 0 aliphatic heterocycles. The average Bonchev–Trinajstić information content (AvgIpc) is 2.70. The van der Waals surface area contributed by atoms with E-state index >= 15 is 0 Å². The van der Waals surface area contributed by atoms with Crippen LogP contribution in [0.2, 0.25) is 5.02 Å². The van der Waals surface area contributed by atoms with Gasteiger partial charge in [0.25, 0.3) is 10.0 Å². The van der Waals surface area contributed by atoms with E-state index in [0.29, 0.717) is 21.9 Å². The third kappa shape index (κ3) is 4.50. The monoisotopic (exact) mass is 488 g/mol. The lowest BCUT2D eigenvalue weighted by Crippen LogP contribution is -2.16. The van der Waals surface area contributed by atoms with E-state index in [9.17, 15) is 8.42 Å². The molecule has 4 rings (SSSR count). The third-order valence-corrected chi connectivity index (χ3v) is 6.17. The summed E-state index contributed by atoms with van der Waals surface area (Å²) < 4.78 is 29.1. The lowest BCUT2D eigenvalue weighted by Gasteiger charge is -2.14. The summed E-state index contributed by atoms with van der Waals surface area (Å²) in [5, 5.41) is 3.58. The number of rotatable bonds is 5. The number of hydrogen-bond donors (Lipinski definition) is 2. The second-order valence-electron chi connectivity index (χ2n) is 6.10. The Kier molecular flexibility index (Phi) is 5.40. The molecule has 0 fully saturated rings. The molecule has 4 aromatic rings. The lowest BCUT2D eigenvalue weighted by molar-refractivity contribution is 0.601. The number of anilines is 3. The van der Waals surface area contributed by atoms with E-state index in [1.807, 2.05) is 42.5 Å². The number of nitrogens with zero attached hydrogens (tertiary/aromatic N) is 2. The average molecular weight is 490 g/mol. The van der Waals surface area contributed by atoms with Crippen molar-refractivity contribution in [3.63, 3.8) is 0 Å². The highest BCUT2D eigenvalue weighted by atomic mass is 79.9. The summed E-state index contributed by atoms with van der Waals surface area (Å²) >= 11 is 9.25. The molecule has 0 aliphatic carbocycles. The lowest BCUT2D eigenvalue weighted by atomic mass is 10.3. The predicted octanol–water partition coefficient (Wildman–Crippen LogP) is 5.59. The standard InChI is InChI=1S/C20H14BrClN4O2S/c21-13-5-9-15(10-6-13)23-19-20(25-18-4-2-1-3-17(18)24-19)26-29(27,28)16-11-7-14(22)8-12-16/h1-12H,(H,23,24)(H,25,26). The van der Waals surface area contributed by atoms with Crippen LogP contribution in [0.4, 0.5) is 17.3 Å². The fraction of sp³-hybridized carbons (Fsp3) is 0. The first-order chi connectivity index (χ1) is 13.9. The van der Waals surface area contributed by atoms with Crippen molar-refractivity contribution < 1.29 is 8.42 Å². The van der Waals surface area contributed by atoms with Crippen molar-refractivity contribution in [1.29, 1.82) is 0 Å². The maximum atomic E-state index is 12.8. The van der Waals surface area contributed by atoms with Crippen LogP contribution in [0.15, 0.2) is 82.2 Å². The van der Waals surface area contributed by atoms with Gasteiger partial charge in [-0.2, -0.15) is 0 Å². The first-order valence-corrected chi connectivity index (χ1v) is 11.1. The van der Waals surface area contributed by atoms with Crippen LogP contribution in [0.5, 0.6) is 0 Å². The fourth-order valence-electron chi connectivity index (χ4n) is 2.63. The van der Waals surface area contributed by atoms with Gasteiger partial charge in [-0.1, -0.05) is 39.7 Å². The molecule has 1 aromatic heterocycles. The highest BCUT2D eigenvalue weighted by Gasteiger charge is 2.19. The number of nitrogens with one attached hydrogen (secondary N) is 2. The molecule has 0 radical (unpaired) electrons. The Labute approximate surface area is 181 Å². The Bertz CT molecular complexity index is 1280. The van der Waals surface area contributed by atoms with Gasteiger partial charge in [-0.15, -0.1) is 0 Å². The van der Waals surface area contributed by atoms with E-state index in [4.69, 9.17) is 11.6 Å². The summed E-state index contributed by atoms with van der Waals surface area (Å²) in [6.45, 7) is 0. The molecule has 2 N–H and O–H groups in total. The molecule has 1 heterocycles. The molecule has 0 saturated heterocycles. The summed E-state index contributed by atoms with van der Waals surface area (Å²) in [6.07, 6.45) is 0. The summed E-state index contributed by atoms with van der Waals surface area (Å²) in [5.41, 5.74) is 1.95. The number of halogens is 2. The van der Waals surface area contributed by atoms with E-state index in [1.54, 1.807) is 6.07 Å². The normalized spacial score (nSPS) is 11.4. The molecular weight excluding hydrogens is 476 g/mol. The highest BCUT2D eigenvalue weighted by molar-refractivity contribution is 9.10. The summed E-state index contributed by atoms with van der Waals surface area (Å²) in [6, 6.07) is 20.6. The zero-order valence-corrected chi connectivity index (χ0v) is 18.0. The SMILES string of the molecule is O=S(=O)(Nc1nc2ccccc2nc1Nc1ccc(Br)cc1)c1ccc(Cl)cc1. The van der Waals surface area contributed by atoms with Crippen LogP contribution in [-0.2, 0) is 10.0 Å². The number of hydrogen-bond acceptors (Lipinski definition) is 5. The molecule has 3 aromatic carbocycles. The van der Waals surface area contributed by atoms with Crippen molar-refractivity contribution in [2.24, 2.45) is 0 Å². The second-order valence-corrected chi connectivity index (χ2v) is 9.14. The number of sulfonamides is 1. The van der Waals surface area contributed by atoms with E-state index in [-0.39, 0.29) is 10.7 Å². The Morgan fingerprint density at radius 2 is 1.38 bits per heavy atom. The van der Waals surface area contributed by atoms with Crippen molar-refractivity contribution in [1.82, 2.24) is 9.97 Å². The topological polar surface area (TPSA) is 84.0 Å². The minimum atomic E-state index is -3.88. The van der Waals surface area contributed by atoms with Gasteiger partial charge in [0, 0.05) is 15.2 Å². The van der Waals surface area contributed by atoms with Crippen LogP contribution in [0.1, 0.15) is 0 Å². The van der Waals surface area contributed by atoms with Crippen LogP contribution in [0.25, 0.3) is 11.0 Å². The van der Waals surface area contributed by atoms with Crippen LogP contribution < -0.4 is 10.0 Å². The largest absolute Gasteiger partial charge is 0.337 e. The fourth-order valence-corrected chi connectivity index (χ4v) is 4.03. The minimum Gasteiger partial charge on any atom is -0.337 e. The van der Waals surface area contributed by atoms with Gasteiger partial charge < -0.3 is 5.32 Å². The van der Waals surface area contributed by atoms with Gasteiger partial charge in [0.2, 0.25) is 0 Å². The summed E-state index contributed by atoms with van der Waals surface area (Å²) in [5.74, 6) is 0.394. The van der Waals surface area contributed by atoms with E-state index < -0.39 is 10.0 Å². The zero-order valence-electron chi connectivity index (χ0n) is 14.8. The van der Waals surface area contributed by atoms with E-state index in [0.717, 1.165) is 10.2 Å². The quantitative estimate of drug-likeness (QED) is 0.382. The molecule has 0 bridgehead atoms. The molecule has 0 atom stereocenters. The second kappa shape index (κ2) is 7.98. The van der Waals surface area contributed by atoms with Gasteiger partial charge in [-0.3, -0.25) is 4.72 Å². The van der Waals surface area contributed by atoms with Crippen molar-refractivity contribution in [3.05, 3.63) is 82.3 Å². The van der Waals surface area contributed by atoms with Gasteiger partial charge in [-0.05, 0) is 60.7 Å². The van der Waals surface area contributed by atoms with Gasteiger partial charge in [-0.25, -0.2) is 18.4 Å². The molecule has 146 valence electrons. The summed E-state index contributed by atoms with van der Waals surface area (Å²) in [4.78, 5) is 9.09. The molecule has 0 aliphatic rings. The Balaban J connectivity index is 1.77. The van der Waals surface area contributed by atoms with Gasteiger partial charge in [0.05, 0.1) is 15.9 Å². The number of fused-ring (bicyclic) bond motifs is 1. The highest BCUT2D eigenvalue weighted by Crippen LogP contribution is 2.28. The molecule has 0 amide bonds. The Morgan fingerprint density at radius 1 is 0.793 bits per heavy atom. The minimum absolute atomic E-state index is 0.0754. The van der Waals surface area contributed by atoms with Crippen molar-refractivity contribution in [2.75, 3.05) is 10.0 Å². The van der Waals surface area contributed by atoms with Crippen LogP contribution in [-0.4, -0.2) is 18.4 Å². The smallest absolute Gasteiger partial charge is 0.263 e. The number of benzene rings is 3. The Hall–Kier alpha value is -2.68. The van der Waals surface area contributed by atoms with Gasteiger partial charge in [0.1, 0.15) is 0 Å². The van der Waals surface area contributed by atoms with E-state index in [2.05, 4.69) is 35.9 Å². The molecule has 6 nitrogen and oxygen atoms in total. The zero-order chi connectivity index (χ0) is 20.4. The van der Waals surface area contributed by atoms with Crippen molar-refractivity contribution >= 4 is 65.9 Å². The van der Waals surface area contributed by atoms with Crippen LogP contribution in [0, 0.1) is 0 Å². The molecule has 0 saturated carbocycles. The number of aromatic nitrogens is 2. The molecular formula is C20H14BrClN4O2S.